The van der Waals surface area contributed by atoms with Crippen molar-refractivity contribution in [1.29, 1.82) is 0 Å². The largest absolute Gasteiger partial charge is 0.331 e. The summed E-state index contributed by atoms with van der Waals surface area (Å²) in [5.74, 6) is -3.60. The van der Waals surface area contributed by atoms with E-state index in [4.69, 9.17) is 0 Å². The van der Waals surface area contributed by atoms with Crippen LogP contribution in [-0.2, 0) is 21.2 Å². The van der Waals surface area contributed by atoms with E-state index in [1.807, 2.05) is 4.72 Å². The second-order valence-electron chi connectivity index (χ2n) is 10.3. The summed E-state index contributed by atoms with van der Waals surface area (Å²) in [5, 5.41) is 0. The summed E-state index contributed by atoms with van der Waals surface area (Å²) in [6, 6.07) is 3.14. The Morgan fingerprint density at radius 1 is 1.20 bits per heavy atom. The molecule has 6 rings (SSSR count). The Bertz CT molecular complexity index is 1280. The normalized spacial score (nSPS) is 29.0. The Morgan fingerprint density at radius 3 is 2.46 bits per heavy atom. The molecular weight excluding hydrogens is 481 g/mol. The molecule has 0 spiro atoms. The molecule has 0 radical (unpaired) electrons. The van der Waals surface area contributed by atoms with Gasteiger partial charge in [-0.3, -0.25) is 4.79 Å². The number of nitrogens with one attached hydrogen (secondary N) is 1. The zero-order valence-corrected chi connectivity index (χ0v) is 20.5. The maximum absolute atomic E-state index is 15.7. The third-order valence-corrected chi connectivity index (χ3v) is 8.15. The maximum Gasteiger partial charge on any atom is 0.283 e. The first-order valence-corrected chi connectivity index (χ1v) is 13.4. The van der Waals surface area contributed by atoms with Crippen molar-refractivity contribution in [3.05, 3.63) is 47.2 Å². The number of carbonyl (C=O) groups is 1. The number of nitrogens with zero attached hydrogens (tertiary/aromatic N) is 3. The molecule has 2 heterocycles. The number of sulfonamides is 1. The van der Waals surface area contributed by atoms with E-state index in [9.17, 15) is 13.2 Å². The van der Waals surface area contributed by atoms with E-state index in [-0.39, 0.29) is 23.5 Å². The minimum Gasteiger partial charge on any atom is -0.331 e. The average molecular weight is 509 g/mol. The van der Waals surface area contributed by atoms with Crippen LogP contribution >= 0.6 is 0 Å². The number of alkyl halides is 2. The van der Waals surface area contributed by atoms with Gasteiger partial charge in [-0.1, -0.05) is 12.1 Å². The van der Waals surface area contributed by atoms with Crippen LogP contribution in [-0.4, -0.2) is 60.0 Å². The Kier molecular flexibility index (Phi) is 5.52. The highest BCUT2D eigenvalue weighted by molar-refractivity contribution is 7.88. The van der Waals surface area contributed by atoms with Gasteiger partial charge >= 0.3 is 0 Å². The quantitative estimate of drug-likeness (QED) is 0.648. The van der Waals surface area contributed by atoms with E-state index >= 15 is 13.2 Å². The average Bonchev–Trinajstić information content (AvgIpc) is 2.89. The van der Waals surface area contributed by atoms with Crippen LogP contribution in [0.1, 0.15) is 36.3 Å². The summed E-state index contributed by atoms with van der Waals surface area (Å²) in [5.41, 5.74) is 0.676. The van der Waals surface area contributed by atoms with Gasteiger partial charge in [0.2, 0.25) is 15.9 Å². The van der Waals surface area contributed by atoms with Gasteiger partial charge in [0.25, 0.3) is 5.92 Å². The van der Waals surface area contributed by atoms with Crippen molar-refractivity contribution >= 4 is 15.9 Å². The number of benzene rings is 1. The number of likely N-dealkylation sites (tertiary alicyclic amines) is 1. The van der Waals surface area contributed by atoms with Crippen LogP contribution in [0.4, 0.5) is 13.2 Å². The molecule has 4 fully saturated rings. The predicted octanol–water partition coefficient (Wildman–Crippen LogP) is 3.01. The molecule has 2 aromatic rings. The van der Waals surface area contributed by atoms with Gasteiger partial charge in [-0.2, -0.15) is 0 Å². The highest BCUT2D eigenvalue weighted by Gasteiger charge is 2.66. The molecule has 188 valence electrons. The highest BCUT2D eigenvalue weighted by Crippen LogP contribution is 2.65. The smallest absolute Gasteiger partial charge is 0.283 e. The second-order valence-corrected chi connectivity index (χ2v) is 12.1. The fourth-order valence-corrected chi connectivity index (χ4v) is 6.60. The van der Waals surface area contributed by atoms with Gasteiger partial charge < -0.3 is 4.90 Å². The van der Waals surface area contributed by atoms with Crippen molar-refractivity contribution in [1.82, 2.24) is 19.6 Å². The highest BCUT2D eigenvalue weighted by atomic mass is 32.2. The number of carbonyl (C=O) groups excluding carboxylic acids is 1. The van der Waals surface area contributed by atoms with Gasteiger partial charge in [-0.25, -0.2) is 36.3 Å². The molecule has 3 aliphatic carbocycles. The van der Waals surface area contributed by atoms with Crippen molar-refractivity contribution in [3.63, 3.8) is 0 Å². The molecule has 1 aliphatic heterocycles. The monoisotopic (exact) mass is 508 g/mol. The third-order valence-electron chi connectivity index (χ3n) is 7.46. The molecule has 35 heavy (non-hydrogen) atoms. The van der Waals surface area contributed by atoms with Crippen LogP contribution in [0.5, 0.6) is 0 Å². The molecule has 4 aliphatic rings. The molecule has 11 heteroatoms. The zero-order chi connectivity index (χ0) is 25.3. The van der Waals surface area contributed by atoms with Crippen molar-refractivity contribution in [2.24, 2.45) is 11.3 Å². The fourth-order valence-electron chi connectivity index (χ4n) is 5.81. The standard InChI is InChI=1S/C24H27F3N4O3S/c1-13-7-18(29-14(2)28-13)17-6-4-5-16(20(17)25)8-19-21(30-35(3,33)34)24(26,27)12-31(19)22(32)23-9-15(10-23)11-23/h4-7,15,19,21,30H,8-12H2,1-3H3/t15?,19-,21+,23?/m0/s1. The molecule has 7 nitrogen and oxygen atoms in total. The number of halogens is 3. The van der Waals surface area contributed by atoms with Crippen LogP contribution in [0.3, 0.4) is 0 Å². The van der Waals surface area contributed by atoms with E-state index < -0.39 is 45.8 Å². The van der Waals surface area contributed by atoms with E-state index in [1.165, 1.54) is 6.07 Å². The van der Waals surface area contributed by atoms with Crippen LogP contribution in [0.15, 0.2) is 24.3 Å². The molecule has 1 aromatic heterocycles. The zero-order valence-electron chi connectivity index (χ0n) is 19.7. The number of rotatable bonds is 6. The number of hydrogen-bond acceptors (Lipinski definition) is 5. The van der Waals surface area contributed by atoms with Gasteiger partial charge in [0, 0.05) is 11.3 Å². The fraction of sp³-hybridized carbons (Fsp3) is 0.542. The molecular formula is C24H27F3N4O3S. The molecule has 1 saturated heterocycles. The summed E-state index contributed by atoms with van der Waals surface area (Å²) in [6.07, 6.45) is 2.53. The van der Waals surface area contributed by atoms with Gasteiger partial charge in [0.05, 0.1) is 30.0 Å². The number of aryl methyl sites for hydroxylation is 2. The molecule has 3 saturated carbocycles. The molecule has 2 bridgehead atoms. The second kappa shape index (κ2) is 7.99. The lowest BCUT2D eigenvalue weighted by Gasteiger charge is -2.61. The lowest BCUT2D eigenvalue weighted by Crippen LogP contribution is -2.62. The number of amides is 1. The van der Waals surface area contributed by atoms with Crippen molar-refractivity contribution in [2.45, 2.75) is 57.5 Å². The van der Waals surface area contributed by atoms with Gasteiger partial charge in [-0.05, 0) is 63.1 Å². The van der Waals surface area contributed by atoms with E-state index in [0.29, 0.717) is 42.4 Å². The summed E-state index contributed by atoms with van der Waals surface area (Å²) in [4.78, 5) is 22.9. The minimum atomic E-state index is -4.02. The number of hydrogen-bond donors (Lipinski definition) is 1. The molecule has 1 N–H and O–H groups in total. The lowest BCUT2D eigenvalue weighted by molar-refractivity contribution is -0.178. The van der Waals surface area contributed by atoms with E-state index in [2.05, 4.69) is 9.97 Å². The third kappa shape index (κ3) is 4.22. The topological polar surface area (TPSA) is 92.3 Å². The van der Waals surface area contributed by atoms with Gasteiger partial charge in [-0.15, -0.1) is 0 Å². The summed E-state index contributed by atoms with van der Waals surface area (Å²) < 4.78 is 71.9. The SMILES string of the molecule is Cc1cc(-c2cccc(C[C@H]3[C@@H](NS(C)(=O)=O)C(F)(F)CN3C(=O)C34CC(C3)C4)c2F)nc(C)n1. The van der Waals surface area contributed by atoms with Crippen LogP contribution in [0.25, 0.3) is 11.3 Å². The Balaban J connectivity index is 1.52. The van der Waals surface area contributed by atoms with Crippen LogP contribution in [0.2, 0.25) is 0 Å². The number of aromatic nitrogens is 2. The molecule has 0 unspecified atom stereocenters. The summed E-state index contributed by atoms with van der Waals surface area (Å²) in [6.45, 7) is 2.55. The predicted molar refractivity (Wildman–Crippen MR) is 123 cm³/mol. The van der Waals surface area contributed by atoms with Crippen LogP contribution < -0.4 is 4.72 Å². The lowest BCUT2D eigenvalue weighted by atomic mass is 9.44. The van der Waals surface area contributed by atoms with E-state index in [0.717, 1.165) is 11.2 Å². The first-order valence-electron chi connectivity index (χ1n) is 11.5. The van der Waals surface area contributed by atoms with E-state index in [1.54, 1.807) is 32.0 Å². The maximum atomic E-state index is 15.7. The van der Waals surface area contributed by atoms with Gasteiger partial charge in [0.1, 0.15) is 17.7 Å². The van der Waals surface area contributed by atoms with Crippen molar-refractivity contribution in [2.75, 3.05) is 12.8 Å². The van der Waals surface area contributed by atoms with Gasteiger partial charge in [0.15, 0.2) is 0 Å². The summed E-state index contributed by atoms with van der Waals surface area (Å²) in [7, 11) is -4.02. The van der Waals surface area contributed by atoms with Crippen LogP contribution in [0, 0.1) is 31.0 Å². The Morgan fingerprint density at radius 2 is 1.89 bits per heavy atom. The molecule has 1 amide bonds. The Labute approximate surface area is 202 Å². The first-order chi connectivity index (χ1) is 16.3. The molecule has 1 aromatic carbocycles. The first kappa shape index (κ1) is 24.2. The van der Waals surface area contributed by atoms with Crippen molar-refractivity contribution < 1.29 is 26.4 Å². The van der Waals surface area contributed by atoms with Crippen molar-refractivity contribution in [3.8, 4) is 11.3 Å². The minimum absolute atomic E-state index is 0.106. The summed E-state index contributed by atoms with van der Waals surface area (Å²) >= 11 is 0. The molecule has 2 atom stereocenters. The Hall–Kier alpha value is -2.53.